The maximum Gasteiger partial charge on any atom is 0.419 e. The first kappa shape index (κ1) is 27.8. The van der Waals surface area contributed by atoms with Crippen LogP contribution >= 0.6 is 0 Å². The van der Waals surface area contributed by atoms with Crippen molar-refractivity contribution in [3.63, 3.8) is 0 Å². The van der Waals surface area contributed by atoms with E-state index in [-0.39, 0.29) is 30.4 Å². The molecule has 1 atom stereocenters. The number of carbonyl (C=O) groups is 2. The van der Waals surface area contributed by atoms with Crippen molar-refractivity contribution in [2.75, 3.05) is 25.5 Å². The Morgan fingerprint density at radius 2 is 1.82 bits per heavy atom. The van der Waals surface area contributed by atoms with Gasteiger partial charge in [-0.15, -0.1) is 0 Å². The Bertz CT molecular complexity index is 1280. The van der Waals surface area contributed by atoms with E-state index in [1.54, 1.807) is 42.5 Å². The monoisotopic (exact) mass is 543 g/mol. The second kappa shape index (κ2) is 12.1. The molecule has 12 heteroatoms. The number of carboxylic acid groups (broad SMARTS) is 1. The van der Waals surface area contributed by atoms with Crippen LogP contribution in [0.1, 0.15) is 53.6 Å². The van der Waals surface area contributed by atoms with Gasteiger partial charge in [0.1, 0.15) is 0 Å². The number of rotatable bonds is 8. The number of methoxy groups -OCH3 is 1. The zero-order valence-corrected chi connectivity index (χ0v) is 21.2. The van der Waals surface area contributed by atoms with Crippen LogP contribution in [-0.4, -0.2) is 57.2 Å². The van der Waals surface area contributed by atoms with Crippen molar-refractivity contribution in [1.29, 1.82) is 0 Å². The van der Waals surface area contributed by atoms with Crippen LogP contribution in [0.3, 0.4) is 0 Å². The van der Waals surface area contributed by atoms with Crippen molar-refractivity contribution in [3.05, 3.63) is 77.4 Å². The highest BCUT2D eigenvalue weighted by Gasteiger charge is 2.38. The molecule has 1 aromatic carbocycles. The molecule has 39 heavy (non-hydrogen) atoms. The van der Waals surface area contributed by atoms with Gasteiger partial charge in [0.25, 0.3) is 0 Å². The summed E-state index contributed by atoms with van der Waals surface area (Å²) in [7, 11) is 1.19. The number of likely N-dealkylation sites (tertiary alicyclic amines) is 1. The topological polar surface area (TPSA) is 118 Å². The fourth-order valence-corrected chi connectivity index (χ4v) is 4.65. The lowest BCUT2D eigenvalue weighted by Crippen LogP contribution is -2.36. The number of halogens is 3. The van der Waals surface area contributed by atoms with Gasteiger partial charge in [-0.05, 0) is 37.0 Å². The van der Waals surface area contributed by atoms with Gasteiger partial charge in [0, 0.05) is 36.8 Å². The van der Waals surface area contributed by atoms with E-state index in [0.29, 0.717) is 31.6 Å². The molecule has 3 aromatic rings. The zero-order valence-electron chi connectivity index (χ0n) is 21.2. The maximum atomic E-state index is 14.0. The van der Waals surface area contributed by atoms with Crippen LogP contribution in [-0.2, 0) is 22.1 Å². The highest BCUT2D eigenvalue weighted by atomic mass is 19.4. The van der Waals surface area contributed by atoms with E-state index in [1.165, 1.54) is 18.2 Å². The van der Waals surface area contributed by atoms with E-state index in [0.717, 1.165) is 17.5 Å². The number of amides is 1. The molecule has 1 aliphatic heterocycles. The summed E-state index contributed by atoms with van der Waals surface area (Å²) in [4.78, 5) is 37.2. The molecule has 2 N–H and O–H groups in total. The van der Waals surface area contributed by atoms with Crippen LogP contribution < -0.4 is 5.32 Å². The lowest BCUT2D eigenvalue weighted by Gasteiger charge is -2.29. The number of piperidine rings is 1. The Kier molecular flexibility index (Phi) is 8.62. The fraction of sp³-hybridized carbons (Fsp3) is 0.370. The van der Waals surface area contributed by atoms with Crippen molar-refractivity contribution < 1.29 is 32.6 Å². The number of anilines is 2. The second-order valence-corrected chi connectivity index (χ2v) is 9.30. The summed E-state index contributed by atoms with van der Waals surface area (Å²) in [6.45, 7) is 0.860. The molecule has 9 nitrogen and oxygen atoms in total. The SMILES string of the molecule is COC(=O)CC(Cc1ccccc1)c1nc(Nc2ccc(C3CCN(C(=O)O)CC3)nc2)ncc1C(F)(F)F. The number of alkyl halides is 3. The largest absolute Gasteiger partial charge is 0.469 e. The van der Waals surface area contributed by atoms with Crippen LogP contribution in [0.25, 0.3) is 0 Å². The van der Waals surface area contributed by atoms with Gasteiger partial charge in [-0.25, -0.2) is 14.8 Å². The van der Waals surface area contributed by atoms with Gasteiger partial charge in [0.05, 0.1) is 36.7 Å². The summed E-state index contributed by atoms with van der Waals surface area (Å²) in [5.74, 6) is -1.51. The first-order chi connectivity index (χ1) is 18.6. The Labute approximate surface area is 223 Å². The van der Waals surface area contributed by atoms with Gasteiger partial charge in [-0.3, -0.25) is 9.78 Å². The van der Waals surface area contributed by atoms with Crippen LogP contribution in [0.5, 0.6) is 0 Å². The highest BCUT2D eigenvalue weighted by molar-refractivity contribution is 5.70. The molecule has 4 rings (SSSR count). The van der Waals surface area contributed by atoms with Crippen molar-refractivity contribution in [2.45, 2.75) is 43.7 Å². The Hall–Kier alpha value is -4.22. The predicted molar refractivity (Wildman–Crippen MR) is 136 cm³/mol. The van der Waals surface area contributed by atoms with Gasteiger partial charge in [0.15, 0.2) is 0 Å². The van der Waals surface area contributed by atoms with Crippen molar-refractivity contribution >= 4 is 23.7 Å². The molecule has 2 aromatic heterocycles. The van der Waals surface area contributed by atoms with E-state index < -0.39 is 29.7 Å². The van der Waals surface area contributed by atoms with Gasteiger partial charge < -0.3 is 20.1 Å². The van der Waals surface area contributed by atoms with Crippen molar-refractivity contribution in [2.24, 2.45) is 0 Å². The summed E-state index contributed by atoms with van der Waals surface area (Å²) in [5.41, 5.74) is 0.713. The molecular weight excluding hydrogens is 515 g/mol. The average Bonchev–Trinajstić information content (AvgIpc) is 2.93. The van der Waals surface area contributed by atoms with E-state index >= 15 is 0 Å². The number of nitrogens with zero attached hydrogens (tertiary/aromatic N) is 4. The van der Waals surface area contributed by atoms with E-state index in [1.807, 2.05) is 0 Å². The van der Waals surface area contributed by atoms with Crippen LogP contribution in [0.4, 0.5) is 29.6 Å². The number of pyridine rings is 1. The third-order valence-corrected chi connectivity index (χ3v) is 6.70. The minimum Gasteiger partial charge on any atom is -0.469 e. The fourth-order valence-electron chi connectivity index (χ4n) is 4.65. The number of carbonyl (C=O) groups excluding carboxylic acids is 1. The van der Waals surface area contributed by atoms with Gasteiger partial charge in [0.2, 0.25) is 5.95 Å². The first-order valence-electron chi connectivity index (χ1n) is 12.4. The number of ether oxygens (including phenoxy) is 1. The van der Waals surface area contributed by atoms with Gasteiger partial charge in [-0.2, -0.15) is 13.2 Å². The summed E-state index contributed by atoms with van der Waals surface area (Å²) >= 11 is 0. The van der Waals surface area contributed by atoms with E-state index in [2.05, 4.69) is 20.3 Å². The molecule has 0 saturated carbocycles. The number of hydrogen-bond donors (Lipinski definition) is 2. The molecule has 0 spiro atoms. The molecular formula is C27H28F3N5O4. The molecule has 1 unspecified atom stereocenters. The number of nitrogens with one attached hydrogen (secondary N) is 1. The number of aromatic nitrogens is 3. The van der Waals surface area contributed by atoms with Crippen molar-refractivity contribution in [3.8, 4) is 0 Å². The zero-order chi connectivity index (χ0) is 28.0. The Morgan fingerprint density at radius 3 is 2.41 bits per heavy atom. The molecule has 0 aliphatic carbocycles. The first-order valence-corrected chi connectivity index (χ1v) is 12.4. The Morgan fingerprint density at radius 1 is 1.10 bits per heavy atom. The Balaban J connectivity index is 1.57. The molecule has 1 fully saturated rings. The average molecular weight is 544 g/mol. The smallest absolute Gasteiger partial charge is 0.419 e. The highest BCUT2D eigenvalue weighted by Crippen LogP contribution is 2.37. The third kappa shape index (κ3) is 7.21. The molecule has 0 bridgehead atoms. The molecule has 1 amide bonds. The number of hydrogen-bond acceptors (Lipinski definition) is 7. The molecule has 1 aliphatic rings. The normalized spacial score (nSPS) is 15.0. The molecule has 206 valence electrons. The molecule has 3 heterocycles. The summed E-state index contributed by atoms with van der Waals surface area (Å²) in [6, 6.07) is 12.4. The number of benzene rings is 1. The third-order valence-electron chi connectivity index (χ3n) is 6.70. The summed E-state index contributed by atoms with van der Waals surface area (Å²) in [6.07, 6.45) is -2.24. The maximum absolute atomic E-state index is 14.0. The standard InChI is InChI=1S/C27H28F3N5O4/c1-39-23(36)14-19(13-17-5-3-2-4-6-17)24-21(27(28,29)30)16-32-25(34-24)33-20-7-8-22(31-15-20)18-9-11-35(12-10-18)26(37)38/h2-8,15-16,18-19H,9-14H2,1H3,(H,37,38)(H,32,33,34). The quantitative estimate of drug-likeness (QED) is 0.364. The van der Waals surface area contributed by atoms with Crippen molar-refractivity contribution in [1.82, 2.24) is 19.9 Å². The number of esters is 1. The van der Waals surface area contributed by atoms with Gasteiger partial charge >= 0.3 is 18.2 Å². The second-order valence-electron chi connectivity index (χ2n) is 9.30. The van der Waals surface area contributed by atoms with E-state index in [4.69, 9.17) is 9.84 Å². The predicted octanol–water partition coefficient (Wildman–Crippen LogP) is 5.38. The van der Waals surface area contributed by atoms with Gasteiger partial charge in [-0.1, -0.05) is 30.3 Å². The molecule has 1 saturated heterocycles. The lowest BCUT2D eigenvalue weighted by atomic mass is 9.90. The van der Waals surface area contributed by atoms with Crippen LogP contribution in [0.2, 0.25) is 0 Å². The summed E-state index contributed by atoms with van der Waals surface area (Å²) < 4.78 is 46.6. The minimum atomic E-state index is -4.72. The van der Waals surface area contributed by atoms with Crippen LogP contribution in [0.15, 0.2) is 54.9 Å². The minimum absolute atomic E-state index is 0.0646. The lowest BCUT2D eigenvalue weighted by molar-refractivity contribution is -0.143. The molecule has 0 radical (unpaired) electrons. The summed E-state index contributed by atoms with van der Waals surface area (Å²) in [5, 5.41) is 12.0. The van der Waals surface area contributed by atoms with Crippen LogP contribution in [0, 0.1) is 0 Å². The van der Waals surface area contributed by atoms with E-state index in [9.17, 15) is 22.8 Å².